The molecule has 132 valence electrons. The van der Waals surface area contributed by atoms with E-state index >= 15 is 0 Å². The Balaban J connectivity index is 1.62. The van der Waals surface area contributed by atoms with E-state index in [1.807, 2.05) is 29.1 Å². The lowest BCUT2D eigenvalue weighted by atomic mass is 9.66. The van der Waals surface area contributed by atoms with Crippen molar-refractivity contribution in [2.24, 2.45) is 11.3 Å². The van der Waals surface area contributed by atoms with Crippen molar-refractivity contribution in [3.8, 4) is 5.69 Å². The molecule has 2 bridgehead atoms. The molecule has 0 spiro atoms. The predicted molar refractivity (Wildman–Crippen MR) is 96.2 cm³/mol. The van der Waals surface area contributed by atoms with Gasteiger partial charge in [0.1, 0.15) is 5.69 Å². The molecule has 1 aromatic heterocycles. The molecule has 0 radical (unpaired) electrons. The first kappa shape index (κ1) is 16.3. The summed E-state index contributed by atoms with van der Waals surface area (Å²) < 4.78 is 1.81. The molecular formula is C20H26N4O. The molecule has 1 aromatic carbocycles. The third kappa shape index (κ3) is 2.32. The second-order valence-corrected chi connectivity index (χ2v) is 8.36. The minimum Gasteiger partial charge on any atom is -0.331 e. The largest absolute Gasteiger partial charge is 0.331 e. The topological polar surface area (TPSA) is 51.0 Å². The number of benzene rings is 1. The summed E-state index contributed by atoms with van der Waals surface area (Å²) in [7, 11) is 0. The molecule has 2 aromatic rings. The molecule has 1 saturated carbocycles. The van der Waals surface area contributed by atoms with Gasteiger partial charge < -0.3 is 4.90 Å². The lowest BCUT2D eigenvalue weighted by molar-refractivity contribution is -0.152. The second-order valence-electron chi connectivity index (χ2n) is 8.36. The van der Waals surface area contributed by atoms with Crippen molar-refractivity contribution in [1.29, 1.82) is 0 Å². The van der Waals surface area contributed by atoms with E-state index in [1.165, 1.54) is 0 Å². The van der Waals surface area contributed by atoms with E-state index in [4.69, 9.17) is 0 Å². The second kappa shape index (κ2) is 5.41. The van der Waals surface area contributed by atoms with Gasteiger partial charge in [-0.2, -0.15) is 0 Å². The number of hydrogen-bond acceptors (Lipinski definition) is 3. The standard InChI is InChI=1S/C20H26N4O/c1-14-7-5-6-8-17(14)24-13-16(21-22-24)12-23-18(25)11-15-9-10-20(23,4)19(15,2)3/h5-8,13,15H,9-12H2,1-4H3/t15-,20-/m0/s1. The number of rotatable bonds is 3. The number of aryl methyl sites for hydroxylation is 1. The molecule has 1 aliphatic carbocycles. The monoisotopic (exact) mass is 338 g/mol. The lowest BCUT2D eigenvalue weighted by Crippen LogP contribution is -2.60. The van der Waals surface area contributed by atoms with Gasteiger partial charge in [-0.1, -0.05) is 37.3 Å². The number of carbonyl (C=O) groups is 1. The van der Waals surface area contributed by atoms with Crippen molar-refractivity contribution in [2.75, 3.05) is 0 Å². The number of piperidine rings is 1. The summed E-state index contributed by atoms with van der Waals surface area (Å²) in [6, 6.07) is 8.11. The minimum absolute atomic E-state index is 0.0978. The predicted octanol–water partition coefficient (Wildman–Crippen LogP) is 3.50. The van der Waals surface area contributed by atoms with E-state index in [1.54, 1.807) is 0 Å². The summed E-state index contributed by atoms with van der Waals surface area (Å²) in [6.07, 6.45) is 4.82. The van der Waals surface area contributed by atoms with E-state index < -0.39 is 0 Å². The molecule has 1 aliphatic heterocycles. The van der Waals surface area contributed by atoms with Crippen LogP contribution in [0.15, 0.2) is 30.5 Å². The lowest BCUT2D eigenvalue weighted by Gasteiger charge is -2.52. The zero-order valence-electron chi connectivity index (χ0n) is 15.5. The highest BCUT2D eigenvalue weighted by Crippen LogP contribution is 2.57. The Morgan fingerprint density at radius 2 is 2.00 bits per heavy atom. The van der Waals surface area contributed by atoms with Gasteiger partial charge in [-0.05, 0) is 49.7 Å². The first-order valence-corrected chi connectivity index (χ1v) is 9.10. The average Bonchev–Trinajstić information content (AvgIpc) is 3.07. The minimum atomic E-state index is -0.0978. The molecule has 2 fully saturated rings. The molecule has 2 aliphatic rings. The molecule has 1 saturated heterocycles. The smallest absolute Gasteiger partial charge is 0.223 e. The van der Waals surface area contributed by atoms with Gasteiger partial charge in [0.2, 0.25) is 5.91 Å². The Morgan fingerprint density at radius 1 is 1.24 bits per heavy atom. The normalized spacial score (nSPS) is 27.8. The maximum atomic E-state index is 12.8. The Kier molecular flexibility index (Phi) is 3.53. The Labute approximate surface area is 149 Å². The molecule has 4 rings (SSSR count). The van der Waals surface area contributed by atoms with Crippen LogP contribution in [-0.2, 0) is 11.3 Å². The summed E-state index contributed by atoms with van der Waals surface area (Å²) in [5.74, 6) is 0.763. The maximum Gasteiger partial charge on any atom is 0.223 e. The van der Waals surface area contributed by atoms with Crippen LogP contribution in [0.5, 0.6) is 0 Å². The van der Waals surface area contributed by atoms with Crippen molar-refractivity contribution in [2.45, 2.75) is 59.0 Å². The van der Waals surface area contributed by atoms with Crippen molar-refractivity contribution in [3.05, 3.63) is 41.7 Å². The maximum absolute atomic E-state index is 12.8. The quantitative estimate of drug-likeness (QED) is 0.860. The van der Waals surface area contributed by atoms with Gasteiger partial charge in [0, 0.05) is 12.0 Å². The number of nitrogens with zero attached hydrogens (tertiary/aromatic N) is 4. The van der Waals surface area contributed by atoms with E-state index in [0.29, 0.717) is 18.9 Å². The molecule has 2 atom stereocenters. The molecule has 2 heterocycles. The van der Waals surface area contributed by atoms with Crippen LogP contribution < -0.4 is 0 Å². The number of hydrogen-bond donors (Lipinski definition) is 0. The molecule has 25 heavy (non-hydrogen) atoms. The average molecular weight is 338 g/mol. The fraction of sp³-hybridized carbons (Fsp3) is 0.550. The van der Waals surface area contributed by atoms with Crippen molar-refractivity contribution < 1.29 is 4.79 Å². The van der Waals surface area contributed by atoms with Crippen LogP contribution in [0.1, 0.15) is 51.3 Å². The van der Waals surface area contributed by atoms with Gasteiger partial charge in [-0.15, -0.1) is 5.10 Å². The molecule has 1 amide bonds. The zero-order chi connectivity index (χ0) is 17.8. The Hall–Kier alpha value is -2.17. The fourth-order valence-electron chi connectivity index (χ4n) is 4.75. The van der Waals surface area contributed by atoms with Crippen LogP contribution in [0.2, 0.25) is 0 Å². The zero-order valence-corrected chi connectivity index (χ0v) is 15.5. The third-order valence-corrected chi connectivity index (χ3v) is 6.93. The van der Waals surface area contributed by atoms with Gasteiger partial charge in [0.05, 0.1) is 18.4 Å². The summed E-state index contributed by atoms with van der Waals surface area (Å²) in [4.78, 5) is 14.8. The van der Waals surface area contributed by atoms with Crippen LogP contribution in [0.25, 0.3) is 5.69 Å². The van der Waals surface area contributed by atoms with Crippen LogP contribution in [-0.4, -0.2) is 31.3 Å². The van der Waals surface area contributed by atoms with Crippen LogP contribution >= 0.6 is 0 Å². The summed E-state index contributed by atoms with van der Waals surface area (Å²) in [6.45, 7) is 9.48. The van der Waals surface area contributed by atoms with Crippen molar-refractivity contribution in [1.82, 2.24) is 19.9 Å². The van der Waals surface area contributed by atoms with E-state index in [0.717, 1.165) is 29.8 Å². The van der Waals surface area contributed by atoms with Gasteiger partial charge in [-0.3, -0.25) is 4.79 Å². The third-order valence-electron chi connectivity index (χ3n) is 6.93. The first-order chi connectivity index (χ1) is 11.8. The summed E-state index contributed by atoms with van der Waals surface area (Å²) >= 11 is 0. The first-order valence-electron chi connectivity index (χ1n) is 9.10. The van der Waals surface area contributed by atoms with Gasteiger partial charge in [0.15, 0.2) is 0 Å². The van der Waals surface area contributed by atoms with E-state index in [2.05, 4.69) is 49.0 Å². The Bertz CT molecular complexity index is 825. The van der Waals surface area contributed by atoms with Crippen LogP contribution in [0.4, 0.5) is 0 Å². The molecule has 0 N–H and O–H groups in total. The molecule has 5 heteroatoms. The highest BCUT2D eigenvalue weighted by atomic mass is 16.2. The van der Waals surface area contributed by atoms with Gasteiger partial charge >= 0.3 is 0 Å². The molecule has 5 nitrogen and oxygen atoms in total. The number of carbonyl (C=O) groups excluding carboxylic acids is 1. The SMILES string of the molecule is Cc1ccccc1-n1cc(CN2C(=O)C[C@@H]3CC[C@@]2(C)C3(C)C)nn1. The highest BCUT2D eigenvalue weighted by molar-refractivity contribution is 5.79. The van der Waals surface area contributed by atoms with E-state index in [9.17, 15) is 4.79 Å². The number of aromatic nitrogens is 3. The van der Waals surface area contributed by atoms with Gasteiger partial charge in [0.25, 0.3) is 0 Å². The fourth-order valence-corrected chi connectivity index (χ4v) is 4.75. The number of fused-ring (bicyclic) bond motifs is 2. The number of likely N-dealkylation sites (tertiary alicyclic amines) is 1. The Morgan fingerprint density at radius 3 is 2.76 bits per heavy atom. The van der Waals surface area contributed by atoms with Crippen LogP contribution in [0.3, 0.4) is 0 Å². The van der Waals surface area contributed by atoms with E-state index in [-0.39, 0.29) is 16.9 Å². The summed E-state index contributed by atoms with van der Waals surface area (Å²) in [5.41, 5.74) is 3.07. The van der Waals surface area contributed by atoms with Gasteiger partial charge in [-0.25, -0.2) is 4.68 Å². The molecular weight excluding hydrogens is 312 g/mol. The number of amides is 1. The molecule has 0 unspecified atom stereocenters. The number of para-hydroxylation sites is 1. The van der Waals surface area contributed by atoms with Crippen LogP contribution in [0, 0.1) is 18.3 Å². The summed E-state index contributed by atoms with van der Waals surface area (Å²) in [5, 5.41) is 8.63. The highest BCUT2D eigenvalue weighted by Gasteiger charge is 2.59. The van der Waals surface area contributed by atoms with Crippen molar-refractivity contribution in [3.63, 3.8) is 0 Å². The van der Waals surface area contributed by atoms with Crippen molar-refractivity contribution >= 4 is 5.91 Å².